The Labute approximate surface area is 177 Å². The maximum Gasteiger partial charge on any atom is 0.268 e. The zero-order valence-corrected chi connectivity index (χ0v) is 18.1. The first-order valence-corrected chi connectivity index (χ1v) is 10.9. The fraction of sp³-hybridized carbons (Fsp3) is 0.480. The molecule has 30 heavy (non-hydrogen) atoms. The van der Waals surface area contributed by atoms with E-state index in [1.54, 1.807) is 6.20 Å². The van der Waals surface area contributed by atoms with Gasteiger partial charge in [-0.15, -0.1) is 0 Å². The third-order valence-corrected chi connectivity index (χ3v) is 6.39. The smallest absolute Gasteiger partial charge is 0.268 e. The minimum Gasteiger partial charge on any atom is -0.349 e. The monoisotopic (exact) mass is 406 g/mol. The number of carbonyl (C=O) groups excluding carboxylic acids is 2. The fourth-order valence-corrected chi connectivity index (χ4v) is 4.78. The van der Waals surface area contributed by atoms with Crippen molar-refractivity contribution in [1.82, 2.24) is 9.88 Å². The first-order chi connectivity index (χ1) is 14.2. The number of ketones is 1. The van der Waals surface area contributed by atoms with Crippen LogP contribution in [0, 0.1) is 12.3 Å². The van der Waals surface area contributed by atoms with Gasteiger partial charge in [-0.3, -0.25) is 19.0 Å². The fourth-order valence-electron chi connectivity index (χ4n) is 4.78. The van der Waals surface area contributed by atoms with Crippen LogP contribution >= 0.6 is 0 Å². The lowest BCUT2D eigenvalue weighted by molar-refractivity contribution is 0.0906. The predicted molar refractivity (Wildman–Crippen MR) is 118 cm³/mol. The Balaban J connectivity index is 1.85. The molecule has 0 saturated heterocycles. The van der Waals surface area contributed by atoms with Crippen molar-refractivity contribution in [3.63, 3.8) is 0 Å². The lowest BCUT2D eigenvalue weighted by atomic mass is 9.73. The van der Waals surface area contributed by atoms with E-state index in [1.807, 2.05) is 45.0 Å². The molecule has 4 rings (SSSR count). The Bertz CT molecular complexity index is 1040. The molecule has 2 aromatic rings. The summed E-state index contributed by atoms with van der Waals surface area (Å²) in [4.78, 5) is 39.8. The van der Waals surface area contributed by atoms with Gasteiger partial charge in [-0.2, -0.15) is 0 Å². The number of rotatable bonds is 3. The van der Waals surface area contributed by atoms with Gasteiger partial charge in [-0.25, -0.2) is 0 Å². The van der Waals surface area contributed by atoms with Crippen molar-refractivity contribution >= 4 is 11.7 Å². The van der Waals surface area contributed by atoms with E-state index in [2.05, 4.69) is 5.32 Å². The molecule has 0 bridgehead atoms. The molecule has 0 radical (unpaired) electrons. The minimum absolute atomic E-state index is 0.00571. The van der Waals surface area contributed by atoms with Crippen LogP contribution < -0.4 is 10.9 Å². The van der Waals surface area contributed by atoms with Crippen LogP contribution in [-0.4, -0.2) is 22.3 Å². The van der Waals surface area contributed by atoms with Crippen molar-refractivity contribution in [3.05, 3.63) is 63.1 Å². The van der Waals surface area contributed by atoms with Crippen LogP contribution in [0.3, 0.4) is 0 Å². The molecule has 2 aliphatic carbocycles. The number of amides is 1. The van der Waals surface area contributed by atoms with Crippen molar-refractivity contribution in [1.29, 1.82) is 0 Å². The Hall–Kier alpha value is -2.69. The molecule has 2 aliphatic rings. The molecule has 5 nitrogen and oxygen atoms in total. The van der Waals surface area contributed by atoms with E-state index >= 15 is 0 Å². The van der Waals surface area contributed by atoms with Gasteiger partial charge in [-0.1, -0.05) is 50.8 Å². The van der Waals surface area contributed by atoms with Crippen LogP contribution in [0.15, 0.2) is 35.3 Å². The molecule has 1 N–H and O–H groups in total. The molecular formula is C25H30N2O3. The van der Waals surface area contributed by atoms with Gasteiger partial charge in [0.25, 0.3) is 11.5 Å². The molecule has 1 saturated carbocycles. The number of nitrogens with zero attached hydrogens (tertiary/aromatic N) is 1. The second-order valence-corrected chi connectivity index (χ2v) is 9.66. The van der Waals surface area contributed by atoms with Gasteiger partial charge in [0.2, 0.25) is 0 Å². The summed E-state index contributed by atoms with van der Waals surface area (Å²) in [6, 6.07) is 7.65. The predicted octanol–water partition coefficient (Wildman–Crippen LogP) is 4.36. The average Bonchev–Trinajstić information content (AvgIpc) is 2.68. The molecule has 1 aromatic carbocycles. The van der Waals surface area contributed by atoms with Crippen LogP contribution in [0.1, 0.15) is 84.2 Å². The van der Waals surface area contributed by atoms with E-state index in [0.29, 0.717) is 29.7 Å². The number of aromatic nitrogens is 1. The quantitative estimate of drug-likeness (QED) is 0.823. The zero-order valence-electron chi connectivity index (χ0n) is 18.1. The van der Waals surface area contributed by atoms with E-state index in [-0.39, 0.29) is 34.3 Å². The van der Waals surface area contributed by atoms with Gasteiger partial charge in [0, 0.05) is 29.9 Å². The summed E-state index contributed by atoms with van der Waals surface area (Å²) >= 11 is 0. The van der Waals surface area contributed by atoms with Gasteiger partial charge < -0.3 is 5.32 Å². The van der Waals surface area contributed by atoms with Gasteiger partial charge in [0.1, 0.15) is 5.56 Å². The Morgan fingerprint density at radius 2 is 1.70 bits per heavy atom. The number of hydrogen-bond acceptors (Lipinski definition) is 3. The highest BCUT2D eigenvalue weighted by molar-refractivity contribution is 6.04. The van der Waals surface area contributed by atoms with Crippen molar-refractivity contribution in [2.45, 2.75) is 71.8 Å². The molecule has 0 spiro atoms. The zero-order chi connectivity index (χ0) is 21.5. The summed E-state index contributed by atoms with van der Waals surface area (Å²) in [5.74, 6) is -0.344. The van der Waals surface area contributed by atoms with E-state index in [0.717, 1.165) is 31.2 Å². The number of benzene rings is 1. The van der Waals surface area contributed by atoms with Gasteiger partial charge in [-0.05, 0) is 49.3 Å². The van der Waals surface area contributed by atoms with Crippen LogP contribution in [0.25, 0.3) is 5.69 Å². The number of nitrogens with one attached hydrogen (secondary N) is 1. The number of fused-ring (bicyclic) bond motifs is 1. The van der Waals surface area contributed by atoms with Gasteiger partial charge in [0.15, 0.2) is 5.78 Å². The molecule has 0 atom stereocenters. The van der Waals surface area contributed by atoms with Crippen molar-refractivity contribution < 1.29 is 9.59 Å². The number of Topliss-reactive ketones (excluding diaryl/α,β-unsaturated/α-hetero) is 1. The summed E-state index contributed by atoms with van der Waals surface area (Å²) in [6.07, 6.45) is 7.86. The topological polar surface area (TPSA) is 68.2 Å². The van der Waals surface area contributed by atoms with E-state index in [1.165, 1.54) is 11.0 Å². The SMILES string of the molecule is Cc1ccc(-n2cc3c(c(C(=O)NC4CCCCC4)c2=O)CC(C)(C)CC3=O)cc1. The molecule has 0 unspecified atom stereocenters. The Morgan fingerprint density at radius 1 is 1.03 bits per heavy atom. The van der Waals surface area contributed by atoms with Crippen molar-refractivity contribution in [2.75, 3.05) is 0 Å². The molecule has 1 heterocycles. The molecule has 1 aromatic heterocycles. The summed E-state index contributed by atoms with van der Waals surface area (Å²) in [7, 11) is 0. The highest BCUT2D eigenvalue weighted by atomic mass is 16.2. The Kier molecular flexibility index (Phi) is 5.39. The standard InChI is InChI=1S/C25H30N2O3/c1-16-9-11-18(12-10-16)27-15-20-19(13-25(2,3)14-21(20)28)22(24(27)30)23(29)26-17-7-5-4-6-8-17/h9-12,15,17H,4-8,13-14H2,1-3H3,(H,26,29). The van der Waals surface area contributed by atoms with Crippen molar-refractivity contribution in [3.8, 4) is 5.69 Å². The third kappa shape index (κ3) is 3.98. The van der Waals surface area contributed by atoms with Crippen molar-refractivity contribution in [2.24, 2.45) is 5.41 Å². The summed E-state index contributed by atoms with van der Waals surface area (Å²) in [5.41, 5.74) is 2.37. The van der Waals surface area contributed by atoms with Gasteiger partial charge >= 0.3 is 0 Å². The van der Waals surface area contributed by atoms with Crippen LogP contribution in [0.5, 0.6) is 0 Å². The van der Waals surface area contributed by atoms with Gasteiger partial charge in [0.05, 0.1) is 0 Å². The molecule has 1 fully saturated rings. The minimum atomic E-state index is -0.351. The summed E-state index contributed by atoms with van der Waals surface area (Å²) < 4.78 is 1.46. The molecule has 1 amide bonds. The number of pyridine rings is 1. The lowest BCUT2D eigenvalue weighted by Gasteiger charge is -2.32. The lowest BCUT2D eigenvalue weighted by Crippen LogP contribution is -2.42. The number of aryl methyl sites for hydroxylation is 1. The first-order valence-electron chi connectivity index (χ1n) is 10.9. The highest BCUT2D eigenvalue weighted by Gasteiger charge is 2.36. The Morgan fingerprint density at radius 3 is 2.37 bits per heavy atom. The maximum absolute atomic E-state index is 13.5. The molecule has 5 heteroatoms. The third-order valence-electron chi connectivity index (χ3n) is 6.39. The first kappa shape index (κ1) is 20.6. The molecule has 0 aliphatic heterocycles. The second kappa shape index (κ2) is 7.86. The summed E-state index contributed by atoms with van der Waals surface area (Å²) in [6.45, 7) is 6.01. The largest absolute Gasteiger partial charge is 0.349 e. The average molecular weight is 407 g/mol. The van der Waals surface area contributed by atoms with E-state index < -0.39 is 0 Å². The van der Waals surface area contributed by atoms with Crippen LogP contribution in [0.2, 0.25) is 0 Å². The number of hydrogen-bond donors (Lipinski definition) is 1. The molecule has 158 valence electrons. The molecular weight excluding hydrogens is 376 g/mol. The summed E-state index contributed by atoms with van der Waals surface area (Å²) in [5, 5.41) is 3.09. The number of carbonyl (C=O) groups is 2. The second-order valence-electron chi connectivity index (χ2n) is 9.66. The van der Waals surface area contributed by atoms with E-state index in [9.17, 15) is 14.4 Å². The van der Waals surface area contributed by atoms with Crippen LogP contribution in [-0.2, 0) is 6.42 Å². The normalized spacial score (nSPS) is 18.7. The highest BCUT2D eigenvalue weighted by Crippen LogP contribution is 2.36. The maximum atomic E-state index is 13.5. The van der Waals surface area contributed by atoms with Crippen LogP contribution in [0.4, 0.5) is 0 Å². The van der Waals surface area contributed by atoms with E-state index in [4.69, 9.17) is 0 Å².